The van der Waals surface area contributed by atoms with Gasteiger partial charge in [-0.05, 0) is 42.0 Å². The molecule has 2 aromatic carbocycles. The van der Waals surface area contributed by atoms with E-state index in [-0.39, 0.29) is 17.2 Å². The first-order valence-corrected chi connectivity index (χ1v) is 6.20. The standard InChI is InChI=1S/C13H12O4S/c14-9-1-3-10(4-2-9)18-7-8-5-11(15)13(17)12(16)6-8/h1-6,14-17H,7H2. The van der Waals surface area contributed by atoms with Crippen molar-refractivity contribution in [1.82, 2.24) is 0 Å². The summed E-state index contributed by atoms with van der Waals surface area (Å²) in [5, 5.41) is 37.1. The third kappa shape index (κ3) is 2.81. The third-order valence-corrected chi connectivity index (χ3v) is 3.45. The predicted octanol–water partition coefficient (Wildman–Crippen LogP) is 2.80. The van der Waals surface area contributed by atoms with Crippen LogP contribution in [0, 0.1) is 0 Å². The van der Waals surface area contributed by atoms with Crippen molar-refractivity contribution in [3.63, 3.8) is 0 Å². The first kappa shape index (κ1) is 12.4. The largest absolute Gasteiger partial charge is 0.508 e. The van der Waals surface area contributed by atoms with E-state index in [4.69, 9.17) is 5.11 Å². The van der Waals surface area contributed by atoms with Crippen molar-refractivity contribution in [2.45, 2.75) is 10.6 Å². The van der Waals surface area contributed by atoms with Crippen LogP contribution in [0.25, 0.3) is 0 Å². The first-order chi connectivity index (χ1) is 8.56. The zero-order valence-electron chi connectivity index (χ0n) is 9.37. The fraction of sp³-hybridized carbons (Fsp3) is 0.0769. The summed E-state index contributed by atoms with van der Waals surface area (Å²) in [6.07, 6.45) is 0. The number of thioether (sulfide) groups is 1. The van der Waals surface area contributed by atoms with Gasteiger partial charge in [-0.1, -0.05) is 0 Å². The molecule has 0 saturated carbocycles. The van der Waals surface area contributed by atoms with Gasteiger partial charge in [-0.15, -0.1) is 11.8 Å². The molecule has 0 aliphatic rings. The van der Waals surface area contributed by atoms with Gasteiger partial charge in [-0.25, -0.2) is 0 Å². The summed E-state index contributed by atoms with van der Waals surface area (Å²) in [4.78, 5) is 0.958. The molecule has 0 radical (unpaired) electrons. The molecule has 0 aromatic heterocycles. The monoisotopic (exact) mass is 264 g/mol. The minimum atomic E-state index is -0.506. The molecule has 2 aromatic rings. The maximum absolute atomic E-state index is 9.36. The number of benzene rings is 2. The lowest BCUT2D eigenvalue weighted by atomic mass is 10.2. The Morgan fingerprint density at radius 1 is 0.833 bits per heavy atom. The summed E-state index contributed by atoms with van der Waals surface area (Å²) in [6.45, 7) is 0. The molecule has 0 unspecified atom stereocenters. The molecule has 0 spiro atoms. The van der Waals surface area contributed by atoms with Crippen molar-refractivity contribution >= 4 is 11.8 Å². The van der Waals surface area contributed by atoms with Crippen LogP contribution in [-0.2, 0) is 5.75 Å². The summed E-state index contributed by atoms with van der Waals surface area (Å²) >= 11 is 1.49. The van der Waals surface area contributed by atoms with Crippen LogP contribution >= 0.6 is 11.8 Å². The van der Waals surface area contributed by atoms with E-state index in [1.54, 1.807) is 24.3 Å². The summed E-state index contributed by atoms with van der Waals surface area (Å²) in [5.41, 5.74) is 0.695. The van der Waals surface area contributed by atoms with Gasteiger partial charge in [0.2, 0.25) is 0 Å². The van der Waals surface area contributed by atoms with Crippen LogP contribution in [0.5, 0.6) is 23.0 Å². The number of hydrogen-bond acceptors (Lipinski definition) is 5. The number of phenolic OH excluding ortho intramolecular Hbond substituents is 4. The van der Waals surface area contributed by atoms with E-state index in [0.717, 1.165) is 4.90 Å². The Morgan fingerprint density at radius 2 is 1.39 bits per heavy atom. The Labute approximate surface area is 108 Å². The van der Waals surface area contributed by atoms with Gasteiger partial charge in [0.05, 0.1) is 0 Å². The lowest BCUT2D eigenvalue weighted by Crippen LogP contribution is -1.82. The first-order valence-electron chi connectivity index (χ1n) is 5.22. The topological polar surface area (TPSA) is 80.9 Å². The van der Waals surface area contributed by atoms with E-state index >= 15 is 0 Å². The average molecular weight is 264 g/mol. The van der Waals surface area contributed by atoms with E-state index in [9.17, 15) is 15.3 Å². The number of phenols is 4. The summed E-state index contributed by atoms with van der Waals surface area (Å²) < 4.78 is 0. The normalized spacial score (nSPS) is 10.4. The molecule has 0 amide bonds. The average Bonchev–Trinajstić information content (AvgIpc) is 2.35. The highest BCUT2D eigenvalue weighted by Crippen LogP contribution is 2.37. The van der Waals surface area contributed by atoms with Crippen LogP contribution in [-0.4, -0.2) is 20.4 Å². The van der Waals surface area contributed by atoms with Crippen LogP contribution in [0.2, 0.25) is 0 Å². The van der Waals surface area contributed by atoms with Crippen molar-refractivity contribution in [1.29, 1.82) is 0 Å². The van der Waals surface area contributed by atoms with Crippen molar-refractivity contribution in [3.8, 4) is 23.0 Å². The predicted molar refractivity (Wildman–Crippen MR) is 69.1 cm³/mol. The van der Waals surface area contributed by atoms with Gasteiger partial charge in [0.15, 0.2) is 17.2 Å². The quantitative estimate of drug-likeness (QED) is 0.506. The Balaban J connectivity index is 2.08. The molecule has 4 nitrogen and oxygen atoms in total. The van der Waals surface area contributed by atoms with Crippen molar-refractivity contribution in [2.24, 2.45) is 0 Å². The zero-order chi connectivity index (χ0) is 13.1. The highest BCUT2D eigenvalue weighted by atomic mass is 32.2. The van der Waals surface area contributed by atoms with Gasteiger partial charge >= 0.3 is 0 Å². The smallest absolute Gasteiger partial charge is 0.200 e. The highest BCUT2D eigenvalue weighted by molar-refractivity contribution is 7.98. The fourth-order valence-electron chi connectivity index (χ4n) is 1.45. The molecular formula is C13H12O4S. The molecule has 2 rings (SSSR count). The van der Waals surface area contributed by atoms with Gasteiger partial charge in [0.25, 0.3) is 0 Å². The minimum absolute atomic E-state index is 0.208. The van der Waals surface area contributed by atoms with Crippen LogP contribution in [0.4, 0.5) is 0 Å². The fourth-order valence-corrected chi connectivity index (χ4v) is 2.28. The maximum Gasteiger partial charge on any atom is 0.200 e. The second-order valence-corrected chi connectivity index (χ2v) is 4.81. The van der Waals surface area contributed by atoms with Crippen LogP contribution < -0.4 is 0 Å². The molecule has 0 fully saturated rings. The van der Waals surface area contributed by atoms with E-state index in [2.05, 4.69) is 0 Å². The molecule has 0 atom stereocenters. The van der Waals surface area contributed by atoms with Gasteiger partial charge < -0.3 is 20.4 Å². The molecule has 0 aliphatic heterocycles. The molecule has 4 N–H and O–H groups in total. The Kier molecular flexibility index (Phi) is 3.53. The lowest BCUT2D eigenvalue weighted by molar-refractivity contribution is 0.367. The molecule has 0 saturated heterocycles. The molecule has 5 heteroatoms. The zero-order valence-corrected chi connectivity index (χ0v) is 10.2. The molecule has 0 heterocycles. The van der Waals surface area contributed by atoms with Crippen LogP contribution in [0.1, 0.15) is 5.56 Å². The lowest BCUT2D eigenvalue weighted by Gasteiger charge is -2.06. The number of aromatic hydroxyl groups is 4. The molecule has 18 heavy (non-hydrogen) atoms. The maximum atomic E-state index is 9.36. The van der Waals surface area contributed by atoms with Crippen molar-refractivity contribution < 1.29 is 20.4 Å². The van der Waals surface area contributed by atoms with E-state index in [1.807, 2.05) is 0 Å². The van der Waals surface area contributed by atoms with E-state index in [0.29, 0.717) is 11.3 Å². The summed E-state index contributed by atoms with van der Waals surface area (Å²) in [6, 6.07) is 9.55. The highest BCUT2D eigenvalue weighted by Gasteiger charge is 2.08. The van der Waals surface area contributed by atoms with E-state index in [1.165, 1.54) is 23.9 Å². The second-order valence-electron chi connectivity index (χ2n) is 3.77. The Hall–Kier alpha value is -2.01. The van der Waals surface area contributed by atoms with Gasteiger partial charge in [-0.3, -0.25) is 0 Å². The summed E-state index contributed by atoms with van der Waals surface area (Å²) in [5.74, 6) is -0.438. The molecule has 0 aliphatic carbocycles. The van der Waals surface area contributed by atoms with Crippen LogP contribution in [0.15, 0.2) is 41.3 Å². The molecular weight excluding hydrogens is 252 g/mol. The van der Waals surface area contributed by atoms with Gasteiger partial charge in [0, 0.05) is 10.6 Å². The number of hydrogen-bond donors (Lipinski definition) is 4. The Bertz CT molecular complexity index is 528. The third-order valence-electron chi connectivity index (χ3n) is 2.37. The van der Waals surface area contributed by atoms with Crippen molar-refractivity contribution in [2.75, 3.05) is 0 Å². The molecule has 0 bridgehead atoms. The van der Waals surface area contributed by atoms with Crippen molar-refractivity contribution in [3.05, 3.63) is 42.0 Å². The van der Waals surface area contributed by atoms with E-state index < -0.39 is 5.75 Å². The second kappa shape index (κ2) is 5.10. The van der Waals surface area contributed by atoms with Crippen LogP contribution in [0.3, 0.4) is 0 Å². The minimum Gasteiger partial charge on any atom is -0.508 e. The number of rotatable bonds is 3. The summed E-state index contributed by atoms with van der Waals surface area (Å²) in [7, 11) is 0. The molecule has 94 valence electrons. The Morgan fingerprint density at radius 3 is 1.94 bits per heavy atom. The van der Waals surface area contributed by atoms with Gasteiger partial charge in [-0.2, -0.15) is 0 Å². The SMILES string of the molecule is Oc1ccc(SCc2cc(O)c(O)c(O)c2)cc1. The van der Waals surface area contributed by atoms with Gasteiger partial charge in [0.1, 0.15) is 5.75 Å².